The highest BCUT2D eigenvalue weighted by atomic mass is 16.7. The third-order valence-corrected chi connectivity index (χ3v) is 4.55. The molecule has 1 saturated heterocycles. The number of nitrogens with zero attached hydrogens (tertiary/aromatic N) is 2. The maximum absolute atomic E-state index is 5.99. The molecule has 1 fully saturated rings. The maximum atomic E-state index is 5.99. The van der Waals surface area contributed by atoms with Gasteiger partial charge in [0.05, 0.1) is 35.8 Å². The lowest BCUT2D eigenvalue weighted by molar-refractivity contribution is 0.00578. The van der Waals surface area contributed by atoms with E-state index in [0.29, 0.717) is 5.59 Å². The van der Waals surface area contributed by atoms with Gasteiger partial charge in [-0.2, -0.15) is 0 Å². The van der Waals surface area contributed by atoms with Crippen molar-refractivity contribution < 1.29 is 14.0 Å². The summed E-state index contributed by atoms with van der Waals surface area (Å²) in [5, 5.41) is 0. The van der Waals surface area contributed by atoms with Crippen molar-refractivity contribution in [1.29, 1.82) is 0 Å². The Morgan fingerprint density at radius 3 is 2.17 bits per heavy atom. The smallest absolute Gasteiger partial charge is 0.496 e. The highest BCUT2D eigenvalue weighted by molar-refractivity contribution is 6.61. The van der Waals surface area contributed by atoms with Crippen molar-refractivity contribution >= 4 is 12.7 Å². The minimum atomic E-state index is -0.501. The highest BCUT2D eigenvalue weighted by Crippen LogP contribution is 2.36. The first-order chi connectivity index (χ1) is 10.8. The SMILES string of the molecule is COc1ccccc1-c1cnc(B2OC(C)(C)C(C)(C)O2)cn1. The molecule has 2 heterocycles. The van der Waals surface area contributed by atoms with E-state index in [1.165, 1.54) is 0 Å². The van der Waals surface area contributed by atoms with Gasteiger partial charge in [0, 0.05) is 11.8 Å². The molecule has 0 aliphatic carbocycles. The van der Waals surface area contributed by atoms with Crippen molar-refractivity contribution in [2.45, 2.75) is 38.9 Å². The fourth-order valence-electron chi connectivity index (χ4n) is 2.42. The lowest BCUT2D eigenvalue weighted by Crippen LogP contribution is -2.41. The van der Waals surface area contributed by atoms with E-state index in [1.54, 1.807) is 19.5 Å². The average Bonchev–Trinajstić information content (AvgIpc) is 2.75. The molecule has 0 radical (unpaired) electrons. The first kappa shape index (κ1) is 16.0. The second-order valence-electron chi connectivity index (χ2n) is 6.62. The van der Waals surface area contributed by atoms with Crippen LogP contribution in [0.1, 0.15) is 27.7 Å². The van der Waals surface area contributed by atoms with Gasteiger partial charge < -0.3 is 14.0 Å². The molecular weight excluding hydrogens is 291 g/mol. The minimum Gasteiger partial charge on any atom is -0.496 e. The average molecular weight is 312 g/mol. The van der Waals surface area contributed by atoms with E-state index in [2.05, 4.69) is 9.97 Å². The number of rotatable bonds is 3. The lowest BCUT2D eigenvalue weighted by atomic mass is 9.85. The van der Waals surface area contributed by atoms with Crippen LogP contribution in [0.3, 0.4) is 0 Å². The van der Waals surface area contributed by atoms with Crippen molar-refractivity contribution in [3.63, 3.8) is 0 Å². The molecule has 1 aromatic carbocycles. The Labute approximate surface area is 137 Å². The molecule has 1 aromatic heterocycles. The van der Waals surface area contributed by atoms with Crippen molar-refractivity contribution in [3.05, 3.63) is 36.7 Å². The zero-order valence-electron chi connectivity index (χ0n) is 14.2. The zero-order chi connectivity index (χ0) is 16.7. The molecule has 6 heteroatoms. The molecule has 0 amide bonds. The lowest BCUT2D eigenvalue weighted by Gasteiger charge is -2.32. The van der Waals surface area contributed by atoms with Crippen molar-refractivity contribution in [3.8, 4) is 17.0 Å². The van der Waals surface area contributed by atoms with Crippen molar-refractivity contribution in [2.75, 3.05) is 7.11 Å². The van der Waals surface area contributed by atoms with Gasteiger partial charge in [-0.1, -0.05) is 12.1 Å². The molecule has 0 bridgehead atoms. The second-order valence-corrected chi connectivity index (χ2v) is 6.62. The molecule has 120 valence electrons. The van der Waals surface area contributed by atoms with E-state index in [4.69, 9.17) is 14.0 Å². The summed E-state index contributed by atoms with van der Waals surface area (Å²) in [6.45, 7) is 8.07. The molecular formula is C17H21BN2O3. The Hall–Kier alpha value is -1.92. The number of ether oxygens (including phenoxy) is 1. The molecule has 5 nitrogen and oxygen atoms in total. The summed E-state index contributed by atoms with van der Waals surface area (Å²) >= 11 is 0. The third kappa shape index (κ3) is 2.84. The quantitative estimate of drug-likeness (QED) is 0.815. The number of para-hydroxylation sites is 1. The van der Waals surface area contributed by atoms with Crippen molar-refractivity contribution in [1.82, 2.24) is 9.97 Å². The second kappa shape index (κ2) is 5.62. The molecule has 0 N–H and O–H groups in total. The van der Waals surface area contributed by atoms with Crippen LogP contribution in [0, 0.1) is 0 Å². The van der Waals surface area contributed by atoms with Crippen LogP contribution in [-0.2, 0) is 9.31 Å². The van der Waals surface area contributed by atoms with Crippen LogP contribution in [0.25, 0.3) is 11.3 Å². The van der Waals surface area contributed by atoms with Crippen molar-refractivity contribution in [2.24, 2.45) is 0 Å². The van der Waals surface area contributed by atoms with Crippen LogP contribution in [0.15, 0.2) is 36.7 Å². The molecule has 1 aliphatic rings. The summed E-state index contributed by atoms with van der Waals surface area (Å²) < 4.78 is 17.3. The molecule has 0 unspecified atom stereocenters. The normalized spacial score (nSPS) is 18.9. The van der Waals surface area contributed by atoms with Gasteiger partial charge >= 0.3 is 7.12 Å². The van der Waals surface area contributed by atoms with Gasteiger partial charge in [0.2, 0.25) is 0 Å². The summed E-state index contributed by atoms with van der Waals surface area (Å²) in [5.41, 5.74) is 1.55. The molecule has 1 aliphatic heterocycles. The van der Waals surface area contributed by atoms with Gasteiger partial charge in [-0.3, -0.25) is 9.97 Å². The number of aromatic nitrogens is 2. The maximum Gasteiger partial charge on any atom is 0.516 e. The van der Waals surface area contributed by atoms with E-state index >= 15 is 0 Å². The summed E-state index contributed by atoms with van der Waals surface area (Å²) in [4.78, 5) is 8.97. The number of methoxy groups -OCH3 is 1. The number of hydrogen-bond donors (Lipinski definition) is 0. The van der Waals surface area contributed by atoms with E-state index in [9.17, 15) is 0 Å². The minimum absolute atomic E-state index is 0.388. The van der Waals surface area contributed by atoms with Crippen LogP contribution in [-0.4, -0.2) is 35.4 Å². The van der Waals surface area contributed by atoms with Gasteiger partial charge in [-0.25, -0.2) is 0 Å². The van der Waals surface area contributed by atoms with Gasteiger partial charge in [-0.05, 0) is 39.8 Å². The molecule has 0 spiro atoms. The third-order valence-electron chi connectivity index (χ3n) is 4.55. The Kier molecular flexibility index (Phi) is 3.90. The zero-order valence-corrected chi connectivity index (χ0v) is 14.2. The standard InChI is InChI=1S/C17H21BN2O3/c1-16(2)17(3,4)23-18(22-16)15-11-19-13(10-20-15)12-8-6-7-9-14(12)21-5/h6-11H,1-5H3. The van der Waals surface area contributed by atoms with E-state index in [-0.39, 0.29) is 11.2 Å². The Morgan fingerprint density at radius 2 is 1.61 bits per heavy atom. The van der Waals surface area contributed by atoms with Gasteiger partial charge in [0.15, 0.2) is 0 Å². The van der Waals surface area contributed by atoms with Gasteiger partial charge in [0.1, 0.15) is 5.75 Å². The summed E-state index contributed by atoms with van der Waals surface area (Å²) in [6, 6.07) is 7.73. The van der Waals surface area contributed by atoms with E-state index in [1.807, 2.05) is 52.0 Å². The highest BCUT2D eigenvalue weighted by Gasteiger charge is 2.52. The summed E-state index contributed by atoms with van der Waals surface area (Å²) in [7, 11) is 1.14. The molecule has 23 heavy (non-hydrogen) atoms. The topological polar surface area (TPSA) is 53.5 Å². The monoisotopic (exact) mass is 312 g/mol. The number of benzene rings is 1. The predicted molar refractivity (Wildman–Crippen MR) is 89.7 cm³/mol. The molecule has 2 aromatic rings. The van der Waals surface area contributed by atoms with E-state index < -0.39 is 7.12 Å². The fourth-order valence-corrected chi connectivity index (χ4v) is 2.42. The number of hydrogen-bond acceptors (Lipinski definition) is 5. The van der Waals surface area contributed by atoms with Crippen LogP contribution >= 0.6 is 0 Å². The largest absolute Gasteiger partial charge is 0.516 e. The Morgan fingerprint density at radius 1 is 0.957 bits per heavy atom. The van der Waals surface area contributed by atoms with Crippen LogP contribution < -0.4 is 10.3 Å². The Bertz CT molecular complexity index is 685. The molecule has 0 saturated carbocycles. The predicted octanol–water partition coefficient (Wildman–Crippen LogP) is 2.45. The van der Waals surface area contributed by atoms with Crippen LogP contribution in [0.5, 0.6) is 5.75 Å². The molecule has 0 atom stereocenters. The van der Waals surface area contributed by atoms with Gasteiger partial charge in [-0.15, -0.1) is 0 Å². The first-order valence-corrected chi connectivity index (χ1v) is 7.65. The van der Waals surface area contributed by atoms with Gasteiger partial charge in [0.25, 0.3) is 0 Å². The molecule has 3 rings (SSSR count). The Balaban J connectivity index is 1.86. The van der Waals surface area contributed by atoms with Crippen LogP contribution in [0.2, 0.25) is 0 Å². The fraction of sp³-hybridized carbons (Fsp3) is 0.412. The first-order valence-electron chi connectivity index (χ1n) is 7.65. The van der Waals surface area contributed by atoms with Crippen LogP contribution in [0.4, 0.5) is 0 Å². The summed E-state index contributed by atoms with van der Waals surface area (Å²) in [6.07, 6.45) is 3.42. The van der Waals surface area contributed by atoms with E-state index in [0.717, 1.165) is 17.0 Å². The summed E-state index contributed by atoms with van der Waals surface area (Å²) in [5.74, 6) is 0.769.